The molecule has 0 bridgehead atoms. The van der Waals surface area contributed by atoms with Crippen LogP contribution in [0.15, 0.2) is 70.4 Å². The first-order chi connectivity index (χ1) is 16.3. The van der Waals surface area contributed by atoms with Crippen molar-refractivity contribution in [3.63, 3.8) is 0 Å². The van der Waals surface area contributed by atoms with Crippen molar-refractivity contribution in [2.24, 2.45) is 0 Å². The standard InChI is InChI=1S/C23H18Cl2N2O7/c24-15-5-1-13(2-6-15)21(29)33-12-18-20(34-22(30)14-3-7-16(25)8-4-14)17(11-32-18)27-19(28)9-10-26-23(27)31/h1-10,17-18,20H,11-12H2,(H,26,31)/t17-,18?,20?/m1/s1. The van der Waals surface area contributed by atoms with Gasteiger partial charge in [0.15, 0.2) is 6.10 Å². The Morgan fingerprint density at radius 2 is 1.53 bits per heavy atom. The number of H-pyrrole nitrogens is 1. The third-order valence-electron chi connectivity index (χ3n) is 5.23. The van der Waals surface area contributed by atoms with Gasteiger partial charge in [0.1, 0.15) is 18.8 Å². The number of aromatic nitrogens is 2. The molecule has 11 heteroatoms. The molecule has 1 saturated heterocycles. The average molecular weight is 505 g/mol. The number of aromatic amines is 1. The molecule has 1 aromatic heterocycles. The monoisotopic (exact) mass is 504 g/mol. The fourth-order valence-corrected chi connectivity index (χ4v) is 3.78. The predicted molar refractivity (Wildman–Crippen MR) is 122 cm³/mol. The smallest absolute Gasteiger partial charge is 0.338 e. The number of benzene rings is 2. The molecule has 4 rings (SSSR count). The fourth-order valence-electron chi connectivity index (χ4n) is 3.53. The molecular weight excluding hydrogens is 487 g/mol. The van der Waals surface area contributed by atoms with E-state index in [1.165, 1.54) is 48.7 Å². The molecule has 0 aliphatic carbocycles. The molecule has 1 fully saturated rings. The number of hydrogen-bond acceptors (Lipinski definition) is 7. The van der Waals surface area contributed by atoms with Crippen LogP contribution >= 0.6 is 23.2 Å². The summed E-state index contributed by atoms with van der Waals surface area (Å²) in [5, 5.41) is 0.902. The second-order valence-electron chi connectivity index (χ2n) is 7.41. The number of ether oxygens (including phenoxy) is 3. The van der Waals surface area contributed by atoms with Gasteiger partial charge in [-0.1, -0.05) is 23.2 Å². The summed E-state index contributed by atoms with van der Waals surface area (Å²) in [6.45, 7) is -0.398. The minimum atomic E-state index is -1.10. The molecule has 1 aliphatic rings. The first-order valence-electron chi connectivity index (χ1n) is 10.1. The van der Waals surface area contributed by atoms with E-state index in [9.17, 15) is 19.2 Å². The quantitative estimate of drug-likeness (QED) is 0.512. The summed E-state index contributed by atoms with van der Waals surface area (Å²) in [5.74, 6) is -1.35. The van der Waals surface area contributed by atoms with Gasteiger partial charge in [-0.3, -0.25) is 9.36 Å². The fraction of sp³-hybridized carbons (Fsp3) is 0.217. The summed E-state index contributed by atoms with van der Waals surface area (Å²) >= 11 is 11.7. The van der Waals surface area contributed by atoms with Crippen molar-refractivity contribution in [1.29, 1.82) is 0 Å². The van der Waals surface area contributed by atoms with Crippen molar-refractivity contribution in [2.75, 3.05) is 13.2 Å². The lowest BCUT2D eigenvalue weighted by molar-refractivity contribution is -0.0310. The zero-order valence-corrected chi connectivity index (χ0v) is 19.0. The molecule has 2 unspecified atom stereocenters. The third kappa shape index (κ3) is 5.22. The molecule has 2 aromatic carbocycles. The molecule has 34 heavy (non-hydrogen) atoms. The number of halogens is 2. The van der Waals surface area contributed by atoms with Gasteiger partial charge in [0.25, 0.3) is 5.56 Å². The lowest BCUT2D eigenvalue weighted by Crippen LogP contribution is -2.45. The first-order valence-corrected chi connectivity index (χ1v) is 10.9. The zero-order valence-electron chi connectivity index (χ0n) is 17.5. The minimum absolute atomic E-state index is 0.116. The Morgan fingerprint density at radius 1 is 0.941 bits per heavy atom. The van der Waals surface area contributed by atoms with Gasteiger partial charge in [0.2, 0.25) is 0 Å². The number of carbonyl (C=O) groups excluding carboxylic acids is 2. The van der Waals surface area contributed by atoms with Crippen LogP contribution in [-0.2, 0) is 14.2 Å². The normalized spacial score (nSPS) is 19.5. The van der Waals surface area contributed by atoms with E-state index in [1.807, 2.05) is 0 Å². The highest BCUT2D eigenvalue weighted by molar-refractivity contribution is 6.31. The van der Waals surface area contributed by atoms with Crippen LogP contribution in [0.5, 0.6) is 0 Å². The molecule has 0 radical (unpaired) electrons. The largest absolute Gasteiger partial charge is 0.459 e. The SMILES string of the molecule is O=C(OCC1OC[C@@H](n2c(=O)cc[nH]c2=O)C1OC(=O)c1ccc(Cl)cc1)c1ccc(Cl)cc1. The van der Waals surface area contributed by atoms with E-state index in [-0.39, 0.29) is 24.3 Å². The van der Waals surface area contributed by atoms with Gasteiger partial charge in [-0.05, 0) is 48.5 Å². The van der Waals surface area contributed by atoms with Crippen LogP contribution in [-0.4, -0.2) is 46.9 Å². The highest BCUT2D eigenvalue weighted by Crippen LogP contribution is 2.28. The molecule has 0 saturated carbocycles. The lowest BCUT2D eigenvalue weighted by atomic mass is 10.1. The van der Waals surface area contributed by atoms with Crippen molar-refractivity contribution in [2.45, 2.75) is 18.2 Å². The number of rotatable bonds is 6. The van der Waals surface area contributed by atoms with Crippen molar-refractivity contribution >= 4 is 35.1 Å². The van der Waals surface area contributed by atoms with Crippen LogP contribution in [0.3, 0.4) is 0 Å². The summed E-state index contributed by atoms with van der Waals surface area (Å²) in [5.41, 5.74) is -0.804. The summed E-state index contributed by atoms with van der Waals surface area (Å²) < 4.78 is 17.6. The van der Waals surface area contributed by atoms with Crippen molar-refractivity contribution < 1.29 is 23.8 Å². The van der Waals surface area contributed by atoms with E-state index in [2.05, 4.69) is 4.98 Å². The lowest BCUT2D eigenvalue weighted by Gasteiger charge is -2.23. The highest BCUT2D eigenvalue weighted by Gasteiger charge is 2.43. The van der Waals surface area contributed by atoms with E-state index in [4.69, 9.17) is 37.4 Å². The number of carbonyl (C=O) groups is 2. The summed E-state index contributed by atoms with van der Waals surface area (Å²) in [4.78, 5) is 52.3. The van der Waals surface area contributed by atoms with Crippen LogP contribution in [0.25, 0.3) is 0 Å². The van der Waals surface area contributed by atoms with Crippen LogP contribution in [0, 0.1) is 0 Å². The number of esters is 2. The second-order valence-corrected chi connectivity index (χ2v) is 8.29. The Bertz CT molecular complexity index is 1270. The van der Waals surface area contributed by atoms with E-state index in [0.29, 0.717) is 10.0 Å². The van der Waals surface area contributed by atoms with E-state index >= 15 is 0 Å². The maximum Gasteiger partial charge on any atom is 0.338 e. The van der Waals surface area contributed by atoms with Gasteiger partial charge in [0, 0.05) is 22.3 Å². The van der Waals surface area contributed by atoms with Gasteiger partial charge in [0.05, 0.1) is 17.7 Å². The molecule has 176 valence electrons. The zero-order chi connectivity index (χ0) is 24.2. The Balaban J connectivity index is 1.57. The van der Waals surface area contributed by atoms with Crippen LogP contribution < -0.4 is 11.2 Å². The van der Waals surface area contributed by atoms with Crippen molar-refractivity contribution in [3.8, 4) is 0 Å². The van der Waals surface area contributed by atoms with Gasteiger partial charge in [-0.25, -0.2) is 14.4 Å². The summed E-state index contributed by atoms with van der Waals surface area (Å²) in [6, 6.07) is 12.3. The van der Waals surface area contributed by atoms with Gasteiger partial charge >= 0.3 is 17.6 Å². The molecule has 0 amide bonds. The van der Waals surface area contributed by atoms with Gasteiger partial charge < -0.3 is 19.2 Å². The molecule has 0 spiro atoms. The summed E-state index contributed by atoms with van der Waals surface area (Å²) in [6.07, 6.45) is -0.803. The van der Waals surface area contributed by atoms with Crippen molar-refractivity contribution in [1.82, 2.24) is 9.55 Å². The first kappa shape index (κ1) is 23.7. The van der Waals surface area contributed by atoms with Crippen molar-refractivity contribution in [3.05, 3.63) is 103 Å². The Hall–Kier alpha value is -3.40. The third-order valence-corrected chi connectivity index (χ3v) is 5.73. The topological polar surface area (TPSA) is 117 Å². The van der Waals surface area contributed by atoms with E-state index < -0.39 is 41.4 Å². The maximum atomic E-state index is 12.8. The Labute approximate surface area is 202 Å². The summed E-state index contributed by atoms with van der Waals surface area (Å²) in [7, 11) is 0. The van der Waals surface area contributed by atoms with Gasteiger partial charge in [-0.2, -0.15) is 0 Å². The number of hydrogen-bond donors (Lipinski definition) is 1. The van der Waals surface area contributed by atoms with Crippen LogP contribution in [0.2, 0.25) is 10.0 Å². The predicted octanol–water partition coefficient (Wildman–Crippen LogP) is 2.87. The highest BCUT2D eigenvalue weighted by atomic mass is 35.5. The average Bonchev–Trinajstić information content (AvgIpc) is 3.20. The van der Waals surface area contributed by atoms with E-state index in [0.717, 1.165) is 4.57 Å². The Kier molecular flexibility index (Phi) is 7.16. The molecule has 1 aliphatic heterocycles. The molecule has 3 aromatic rings. The molecular formula is C23H18Cl2N2O7. The van der Waals surface area contributed by atoms with Gasteiger partial charge in [-0.15, -0.1) is 0 Å². The Morgan fingerprint density at radius 3 is 2.12 bits per heavy atom. The second kappa shape index (κ2) is 10.3. The molecule has 9 nitrogen and oxygen atoms in total. The molecule has 1 N–H and O–H groups in total. The number of nitrogens with one attached hydrogen (secondary N) is 1. The van der Waals surface area contributed by atoms with Crippen LogP contribution in [0.4, 0.5) is 0 Å². The van der Waals surface area contributed by atoms with E-state index in [1.54, 1.807) is 12.1 Å². The molecule has 2 heterocycles. The maximum absolute atomic E-state index is 12.8. The van der Waals surface area contributed by atoms with Crippen LogP contribution in [0.1, 0.15) is 26.8 Å². The minimum Gasteiger partial charge on any atom is -0.459 e. The molecule has 3 atom stereocenters. The number of nitrogens with zero attached hydrogens (tertiary/aromatic N) is 1.